The van der Waals surface area contributed by atoms with Crippen molar-refractivity contribution < 1.29 is 0 Å². The molecule has 1 aromatic carbocycles. The van der Waals surface area contributed by atoms with Gasteiger partial charge in [-0.1, -0.05) is 18.7 Å². The van der Waals surface area contributed by atoms with E-state index >= 15 is 0 Å². The molecule has 2 N–H and O–H groups in total. The standard InChI is InChI=1S/C16H22N2/c1-10-4-5-14-12(3)15(7-6-13(10)14)16-9-17-11(2)8-18-16/h6-7,11,16-18H,1,4-5,8-9H2,2-3H3. The van der Waals surface area contributed by atoms with Crippen LogP contribution in [0.25, 0.3) is 5.57 Å². The Morgan fingerprint density at radius 2 is 2.00 bits per heavy atom. The average Bonchev–Trinajstić information content (AvgIpc) is 2.74. The minimum absolute atomic E-state index is 0.459. The van der Waals surface area contributed by atoms with Gasteiger partial charge in [-0.2, -0.15) is 0 Å². The van der Waals surface area contributed by atoms with Crippen LogP contribution in [0.1, 0.15) is 41.6 Å². The van der Waals surface area contributed by atoms with Gasteiger partial charge in [0.2, 0.25) is 0 Å². The van der Waals surface area contributed by atoms with Gasteiger partial charge in [0.05, 0.1) is 0 Å². The van der Waals surface area contributed by atoms with Crippen LogP contribution < -0.4 is 10.6 Å². The smallest absolute Gasteiger partial charge is 0.0450 e. The number of piperazine rings is 1. The van der Waals surface area contributed by atoms with Crippen molar-refractivity contribution >= 4 is 5.57 Å². The number of allylic oxidation sites excluding steroid dienone is 1. The van der Waals surface area contributed by atoms with E-state index in [-0.39, 0.29) is 0 Å². The highest BCUT2D eigenvalue weighted by atomic mass is 15.1. The summed E-state index contributed by atoms with van der Waals surface area (Å²) in [6.07, 6.45) is 2.30. The summed E-state index contributed by atoms with van der Waals surface area (Å²) in [4.78, 5) is 0. The maximum atomic E-state index is 4.16. The zero-order valence-corrected chi connectivity index (χ0v) is 11.3. The summed E-state index contributed by atoms with van der Waals surface area (Å²) in [6, 6.07) is 5.60. The molecular weight excluding hydrogens is 220 g/mol. The van der Waals surface area contributed by atoms with E-state index in [1.54, 1.807) is 0 Å². The number of rotatable bonds is 1. The molecule has 0 amide bonds. The zero-order valence-electron chi connectivity index (χ0n) is 11.3. The maximum absolute atomic E-state index is 4.16. The normalized spacial score (nSPS) is 27.3. The fraction of sp³-hybridized carbons (Fsp3) is 0.500. The molecule has 1 fully saturated rings. The summed E-state index contributed by atoms with van der Waals surface area (Å²) in [5.74, 6) is 0. The molecule has 1 saturated heterocycles. The Labute approximate surface area is 109 Å². The topological polar surface area (TPSA) is 24.1 Å². The Balaban J connectivity index is 1.92. The van der Waals surface area contributed by atoms with Crippen molar-refractivity contribution in [3.05, 3.63) is 41.0 Å². The minimum Gasteiger partial charge on any atom is -0.311 e. The van der Waals surface area contributed by atoms with E-state index in [4.69, 9.17) is 0 Å². The zero-order chi connectivity index (χ0) is 12.7. The molecule has 1 heterocycles. The van der Waals surface area contributed by atoms with E-state index in [9.17, 15) is 0 Å². The summed E-state index contributed by atoms with van der Waals surface area (Å²) in [5, 5.41) is 7.20. The molecule has 2 aliphatic rings. The molecule has 0 radical (unpaired) electrons. The summed E-state index contributed by atoms with van der Waals surface area (Å²) < 4.78 is 0. The van der Waals surface area contributed by atoms with Crippen molar-refractivity contribution in [2.75, 3.05) is 13.1 Å². The van der Waals surface area contributed by atoms with E-state index < -0.39 is 0 Å². The van der Waals surface area contributed by atoms with Crippen LogP contribution in [-0.2, 0) is 6.42 Å². The molecular formula is C16H22N2. The second-order valence-electron chi connectivity index (χ2n) is 5.68. The molecule has 2 unspecified atom stereocenters. The predicted molar refractivity (Wildman–Crippen MR) is 76.7 cm³/mol. The summed E-state index contributed by atoms with van der Waals surface area (Å²) in [6.45, 7) is 10.7. The van der Waals surface area contributed by atoms with Gasteiger partial charge in [0.15, 0.2) is 0 Å². The second-order valence-corrected chi connectivity index (χ2v) is 5.68. The number of hydrogen-bond acceptors (Lipinski definition) is 2. The molecule has 18 heavy (non-hydrogen) atoms. The minimum atomic E-state index is 0.459. The van der Waals surface area contributed by atoms with Crippen molar-refractivity contribution in [2.24, 2.45) is 0 Å². The SMILES string of the molecule is C=C1CCc2c1ccc(C1CNC(C)CN1)c2C. The van der Waals surface area contributed by atoms with Crippen molar-refractivity contribution in [3.63, 3.8) is 0 Å². The first-order valence-corrected chi connectivity index (χ1v) is 6.94. The highest BCUT2D eigenvalue weighted by Gasteiger charge is 2.24. The molecule has 2 nitrogen and oxygen atoms in total. The first-order chi connectivity index (χ1) is 8.66. The largest absolute Gasteiger partial charge is 0.311 e. The number of fused-ring (bicyclic) bond motifs is 1. The third-order valence-corrected chi connectivity index (χ3v) is 4.41. The van der Waals surface area contributed by atoms with Crippen LogP contribution in [0.3, 0.4) is 0 Å². The fourth-order valence-corrected chi connectivity index (χ4v) is 3.22. The predicted octanol–water partition coefficient (Wildman–Crippen LogP) is 2.58. The highest BCUT2D eigenvalue weighted by Crippen LogP contribution is 2.35. The van der Waals surface area contributed by atoms with Crippen LogP contribution in [0.2, 0.25) is 0 Å². The fourth-order valence-electron chi connectivity index (χ4n) is 3.22. The van der Waals surface area contributed by atoms with Crippen LogP contribution in [0, 0.1) is 6.92 Å². The molecule has 0 saturated carbocycles. The van der Waals surface area contributed by atoms with E-state index in [0.29, 0.717) is 12.1 Å². The molecule has 0 spiro atoms. The summed E-state index contributed by atoms with van der Waals surface area (Å²) in [7, 11) is 0. The lowest BCUT2D eigenvalue weighted by Gasteiger charge is -2.31. The molecule has 1 aliphatic carbocycles. The van der Waals surface area contributed by atoms with E-state index in [1.165, 1.54) is 34.2 Å². The molecule has 2 heteroatoms. The summed E-state index contributed by atoms with van der Waals surface area (Å²) >= 11 is 0. The van der Waals surface area contributed by atoms with Gasteiger partial charge >= 0.3 is 0 Å². The molecule has 1 aliphatic heterocycles. The van der Waals surface area contributed by atoms with E-state index in [2.05, 4.69) is 43.2 Å². The molecule has 1 aromatic rings. The summed E-state index contributed by atoms with van der Waals surface area (Å²) in [5.41, 5.74) is 7.16. The number of hydrogen-bond donors (Lipinski definition) is 2. The van der Waals surface area contributed by atoms with Gasteiger partial charge in [-0.25, -0.2) is 0 Å². The Bertz CT molecular complexity index is 482. The van der Waals surface area contributed by atoms with Crippen molar-refractivity contribution in [1.82, 2.24) is 10.6 Å². The van der Waals surface area contributed by atoms with Gasteiger partial charge in [-0.05, 0) is 54.5 Å². The average molecular weight is 242 g/mol. The quantitative estimate of drug-likeness (QED) is 0.791. The monoisotopic (exact) mass is 242 g/mol. The number of benzene rings is 1. The van der Waals surface area contributed by atoms with E-state index in [0.717, 1.165) is 19.5 Å². The Morgan fingerprint density at radius 1 is 1.17 bits per heavy atom. The lowest BCUT2D eigenvalue weighted by molar-refractivity contribution is 0.366. The van der Waals surface area contributed by atoms with E-state index in [1.807, 2.05) is 0 Å². The highest BCUT2D eigenvalue weighted by molar-refractivity contribution is 5.72. The van der Waals surface area contributed by atoms with Gasteiger partial charge in [0.25, 0.3) is 0 Å². The van der Waals surface area contributed by atoms with Crippen LogP contribution in [0.4, 0.5) is 0 Å². The van der Waals surface area contributed by atoms with Crippen molar-refractivity contribution in [2.45, 2.75) is 38.8 Å². The van der Waals surface area contributed by atoms with Crippen LogP contribution >= 0.6 is 0 Å². The Kier molecular flexibility index (Phi) is 3.00. The van der Waals surface area contributed by atoms with Crippen molar-refractivity contribution in [1.29, 1.82) is 0 Å². The Hall–Kier alpha value is -1.12. The van der Waals surface area contributed by atoms with Gasteiger partial charge in [-0.15, -0.1) is 0 Å². The molecule has 96 valence electrons. The molecule has 0 bridgehead atoms. The second kappa shape index (κ2) is 4.52. The van der Waals surface area contributed by atoms with Gasteiger partial charge in [0.1, 0.15) is 0 Å². The van der Waals surface area contributed by atoms with Crippen molar-refractivity contribution in [3.8, 4) is 0 Å². The van der Waals surface area contributed by atoms with Crippen LogP contribution in [0.15, 0.2) is 18.7 Å². The van der Waals surface area contributed by atoms with Gasteiger partial charge in [-0.3, -0.25) is 0 Å². The first-order valence-electron chi connectivity index (χ1n) is 6.94. The third-order valence-electron chi connectivity index (χ3n) is 4.41. The first kappa shape index (κ1) is 11.9. The molecule has 3 rings (SSSR count). The van der Waals surface area contributed by atoms with Gasteiger partial charge < -0.3 is 10.6 Å². The molecule has 0 aromatic heterocycles. The Morgan fingerprint density at radius 3 is 2.72 bits per heavy atom. The van der Waals surface area contributed by atoms with Crippen LogP contribution in [0.5, 0.6) is 0 Å². The third kappa shape index (κ3) is 1.90. The van der Waals surface area contributed by atoms with Gasteiger partial charge in [0, 0.05) is 25.2 Å². The molecule has 2 atom stereocenters. The maximum Gasteiger partial charge on any atom is 0.0450 e. The van der Waals surface area contributed by atoms with Crippen LogP contribution in [-0.4, -0.2) is 19.1 Å². The lowest BCUT2D eigenvalue weighted by atomic mass is 9.92. The number of nitrogens with one attached hydrogen (secondary N) is 2. The lowest BCUT2D eigenvalue weighted by Crippen LogP contribution is -2.48.